The average Bonchev–Trinajstić information content (AvgIpc) is 2.44. The Balaban J connectivity index is 2.17. The number of carbonyl (C=O) groups excluding carboxylic acids is 1. The topological polar surface area (TPSA) is 38.3 Å². The molecular formula is C17H22BrNO2. The van der Waals surface area contributed by atoms with Crippen LogP contribution in [0.4, 0.5) is 5.69 Å². The molecule has 2 rings (SSSR count). The molecule has 0 heterocycles. The second kappa shape index (κ2) is 7.12. The minimum atomic E-state index is -0.303. The lowest BCUT2D eigenvalue weighted by atomic mass is 9.79. The number of benzene rings is 1. The van der Waals surface area contributed by atoms with Gasteiger partial charge in [0.2, 0.25) is 0 Å². The number of carbonyl (C=O) groups is 1. The third-order valence-electron chi connectivity index (χ3n) is 3.92. The smallest absolute Gasteiger partial charge is 0.328 e. The third-order valence-corrected chi connectivity index (χ3v) is 4.45. The lowest BCUT2D eigenvalue weighted by Gasteiger charge is -2.31. The molecule has 21 heavy (non-hydrogen) atoms. The van der Waals surface area contributed by atoms with Crippen molar-refractivity contribution in [3.8, 4) is 0 Å². The monoisotopic (exact) mass is 351 g/mol. The van der Waals surface area contributed by atoms with Crippen molar-refractivity contribution in [3.05, 3.63) is 40.4 Å². The SMILES string of the molecule is COC(=O)C(Nc1ccc(Br)cc1)C1CC(C)=CC(C)C1. The lowest BCUT2D eigenvalue weighted by Crippen LogP contribution is -2.39. The zero-order valence-corrected chi connectivity index (χ0v) is 14.3. The second-order valence-electron chi connectivity index (χ2n) is 5.84. The molecule has 4 heteroatoms. The van der Waals surface area contributed by atoms with E-state index < -0.39 is 0 Å². The van der Waals surface area contributed by atoms with Crippen molar-refractivity contribution in [2.24, 2.45) is 11.8 Å². The second-order valence-corrected chi connectivity index (χ2v) is 6.76. The number of esters is 1. The summed E-state index contributed by atoms with van der Waals surface area (Å²) >= 11 is 3.42. The van der Waals surface area contributed by atoms with Crippen LogP contribution in [-0.4, -0.2) is 19.1 Å². The zero-order chi connectivity index (χ0) is 15.4. The van der Waals surface area contributed by atoms with Crippen LogP contribution in [0.1, 0.15) is 26.7 Å². The van der Waals surface area contributed by atoms with Gasteiger partial charge in [0.1, 0.15) is 6.04 Å². The minimum absolute atomic E-state index is 0.190. The molecule has 114 valence electrons. The summed E-state index contributed by atoms with van der Waals surface area (Å²) < 4.78 is 6.02. The van der Waals surface area contributed by atoms with Crippen molar-refractivity contribution in [1.29, 1.82) is 0 Å². The van der Waals surface area contributed by atoms with Crippen molar-refractivity contribution < 1.29 is 9.53 Å². The Morgan fingerprint density at radius 2 is 2.05 bits per heavy atom. The maximum Gasteiger partial charge on any atom is 0.328 e. The average molecular weight is 352 g/mol. The van der Waals surface area contributed by atoms with Crippen LogP contribution in [0.5, 0.6) is 0 Å². The maximum atomic E-state index is 12.2. The van der Waals surface area contributed by atoms with E-state index in [1.807, 2.05) is 24.3 Å². The Labute approximate surface area is 134 Å². The van der Waals surface area contributed by atoms with Crippen LogP contribution in [0.3, 0.4) is 0 Å². The first-order valence-corrected chi connectivity index (χ1v) is 8.06. The number of methoxy groups -OCH3 is 1. The molecule has 0 spiro atoms. The largest absolute Gasteiger partial charge is 0.467 e. The Morgan fingerprint density at radius 1 is 1.38 bits per heavy atom. The number of hydrogen-bond acceptors (Lipinski definition) is 3. The summed E-state index contributed by atoms with van der Waals surface area (Å²) in [6.07, 6.45) is 4.23. The molecule has 1 N–H and O–H groups in total. The van der Waals surface area contributed by atoms with Crippen molar-refractivity contribution in [1.82, 2.24) is 0 Å². The molecule has 1 aliphatic rings. The van der Waals surface area contributed by atoms with Crippen molar-refractivity contribution in [3.63, 3.8) is 0 Å². The summed E-state index contributed by atoms with van der Waals surface area (Å²) in [6, 6.07) is 7.56. The number of allylic oxidation sites excluding steroid dienone is 2. The third kappa shape index (κ3) is 4.34. The van der Waals surface area contributed by atoms with Crippen LogP contribution in [-0.2, 0) is 9.53 Å². The zero-order valence-electron chi connectivity index (χ0n) is 12.7. The normalized spacial score (nSPS) is 23.1. The number of halogens is 1. The first-order chi connectivity index (χ1) is 9.99. The predicted octanol–water partition coefficient (Wildman–Crippen LogP) is 4.40. The molecule has 0 aliphatic heterocycles. The van der Waals surface area contributed by atoms with E-state index in [0.29, 0.717) is 5.92 Å². The van der Waals surface area contributed by atoms with Crippen molar-refractivity contribution >= 4 is 27.6 Å². The molecule has 1 aromatic rings. The summed E-state index contributed by atoms with van der Waals surface area (Å²) in [7, 11) is 1.45. The van der Waals surface area contributed by atoms with Crippen LogP contribution in [0, 0.1) is 11.8 Å². The van der Waals surface area contributed by atoms with E-state index in [9.17, 15) is 4.79 Å². The molecule has 0 saturated carbocycles. The summed E-state index contributed by atoms with van der Waals surface area (Å²) in [5.74, 6) is 0.577. The first-order valence-electron chi connectivity index (χ1n) is 7.27. The van der Waals surface area contributed by atoms with Gasteiger partial charge in [0.05, 0.1) is 7.11 Å². The molecule has 1 aromatic carbocycles. The van der Waals surface area contributed by atoms with E-state index >= 15 is 0 Å². The predicted molar refractivity (Wildman–Crippen MR) is 89.2 cm³/mol. The van der Waals surface area contributed by atoms with Gasteiger partial charge < -0.3 is 10.1 Å². The Morgan fingerprint density at radius 3 is 2.62 bits per heavy atom. The number of anilines is 1. The molecule has 3 unspecified atom stereocenters. The molecule has 3 atom stereocenters. The maximum absolute atomic E-state index is 12.2. The summed E-state index contributed by atoms with van der Waals surface area (Å²) in [5, 5.41) is 3.35. The highest BCUT2D eigenvalue weighted by Crippen LogP contribution is 2.32. The van der Waals surface area contributed by atoms with Crippen LogP contribution >= 0.6 is 15.9 Å². The molecule has 3 nitrogen and oxygen atoms in total. The fourth-order valence-electron chi connectivity index (χ4n) is 3.07. The van der Waals surface area contributed by atoms with Crippen LogP contribution in [0.2, 0.25) is 0 Å². The molecule has 0 amide bonds. The molecule has 0 radical (unpaired) electrons. The van der Waals surface area contributed by atoms with Gasteiger partial charge in [0.25, 0.3) is 0 Å². The van der Waals surface area contributed by atoms with E-state index in [0.717, 1.165) is 23.0 Å². The van der Waals surface area contributed by atoms with Crippen molar-refractivity contribution in [2.75, 3.05) is 12.4 Å². The van der Waals surface area contributed by atoms with Gasteiger partial charge in [0.15, 0.2) is 0 Å². The number of nitrogens with one attached hydrogen (secondary N) is 1. The summed E-state index contributed by atoms with van der Waals surface area (Å²) in [6.45, 7) is 4.33. The quantitative estimate of drug-likeness (QED) is 0.645. The number of hydrogen-bond donors (Lipinski definition) is 1. The van der Waals surface area contributed by atoms with Gasteiger partial charge in [-0.25, -0.2) is 4.79 Å². The Kier molecular flexibility index (Phi) is 5.45. The highest BCUT2D eigenvalue weighted by molar-refractivity contribution is 9.10. The van der Waals surface area contributed by atoms with Gasteiger partial charge in [-0.05, 0) is 55.9 Å². The lowest BCUT2D eigenvalue weighted by molar-refractivity contribution is -0.143. The van der Waals surface area contributed by atoms with E-state index in [2.05, 4.69) is 41.2 Å². The Bertz CT molecular complexity index is 524. The fourth-order valence-corrected chi connectivity index (χ4v) is 3.34. The first kappa shape index (κ1) is 16.1. The highest BCUT2D eigenvalue weighted by Gasteiger charge is 2.32. The highest BCUT2D eigenvalue weighted by atomic mass is 79.9. The van der Waals surface area contributed by atoms with E-state index in [-0.39, 0.29) is 17.9 Å². The Hall–Kier alpha value is -1.29. The summed E-state index contributed by atoms with van der Waals surface area (Å²) in [5.41, 5.74) is 2.29. The standard InChI is InChI=1S/C17H22BrNO2/c1-11-8-12(2)10-13(9-11)16(17(20)21-3)19-15-6-4-14(18)5-7-15/h4-8,11,13,16,19H,9-10H2,1-3H3. The molecule has 1 aliphatic carbocycles. The van der Waals surface area contributed by atoms with Crippen LogP contribution in [0.25, 0.3) is 0 Å². The molecular weight excluding hydrogens is 330 g/mol. The van der Waals surface area contributed by atoms with E-state index in [1.54, 1.807) is 0 Å². The van der Waals surface area contributed by atoms with Crippen LogP contribution in [0.15, 0.2) is 40.4 Å². The molecule has 0 aromatic heterocycles. The summed E-state index contributed by atoms with van der Waals surface area (Å²) in [4.78, 5) is 12.2. The number of ether oxygens (including phenoxy) is 1. The van der Waals surface area contributed by atoms with Gasteiger partial charge >= 0.3 is 5.97 Å². The van der Waals surface area contributed by atoms with Gasteiger partial charge in [0, 0.05) is 10.2 Å². The van der Waals surface area contributed by atoms with E-state index in [1.165, 1.54) is 12.7 Å². The number of rotatable bonds is 4. The minimum Gasteiger partial charge on any atom is -0.467 e. The van der Waals surface area contributed by atoms with Gasteiger partial charge in [-0.15, -0.1) is 0 Å². The fraction of sp³-hybridized carbons (Fsp3) is 0.471. The van der Waals surface area contributed by atoms with E-state index in [4.69, 9.17) is 4.74 Å². The van der Waals surface area contributed by atoms with Gasteiger partial charge in [-0.3, -0.25) is 0 Å². The van der Waals surface area contributed by atoms with Gasteiger partial charge in [-0.1, -0.05) is 34.5 Å². The molecule has 0 saturated heterocycles. The molecule has 0 fully saturated rings. The van der Waals surface area contributed by atoms with Gasteiger partial charge in [-0.2, -0.15) is 0 Å². The van der Waals surface area contributed by atoms with Crippen molar-refractivity contribution in [2.45, 2.75) is 32.7 Å². The van der Waals surface area contributed by atoms with Crippen LogP contribution < -0.4 is 5.32 Å². The molecule has 0 bridgehead atoms.